The molecule has 1 heterocycles. The molecule has 1 aromatic carbocycles. The number of rotatable bonds is 3. The van der Waals surface area contributed by atoms with Gasteiger partial charge in [0.25, 0.3) is 0 Å². The van der Waals surface area contributed by atoms with Gasteiger partial charge in [-0.2, -0.15) is 0 Å². The molecular weight excluding hydrogens is 235 g/mol. The van der Waals surface area contributed by atoms with Crippen LogP contribution in [0.5, 0.6) is 0 Å². The highest BCUT2D eigenvalue weighted by Gasteiger charge is 2.10. The fraction of sp³-hybridized carbons (Fsp3) is 0.308. The second-order valence-electron chi connectivity index (χ2n) is 4.22. The lowest BCUT2D eigenvalue weighted by atomic mass is 10.2. The number of hydrogen-bond donors (Lipinski definition) is 1. The first kappa shape index (κ1) is 12.2. The van der Waals surface area contributed by atoms with E-state index in [0.29, 0.717) is 0 Å². The Morgan fingerprint density at radius 3 is 2.59 bits per heavy atom. The molecule has 0 aliphatic carbocycles. The summed E-state index contributed by atoms with van der Waals surface area (Å²) in [6, 6.07) is 6.55. The van der Waals surface area contributed by atoms with Crippen LogP contribution < -0.4 is 5.73 Å². The molecule has 0 spiro atoms. The van der Waals surface area contributed by atoms with Crippen molar-refractivity contribution in [2.24, 2.45) is 5.73 Å². The van der Waals surface area contributed by atoms with E-state index in [2.05, 4.69) is 4.98 Å². The number of nitrogens with two attached hydrogens (primary N) is 1. The quantitative estimate of drug-likeness (QED) is 0.909. The number of benzene rings is 1. The molecule has 0 saturated heterocycles. The van der Waals surface area contributed by atoms with Crippen molar-refractivity contribution in [1.82, 2.24) is 4.98 Å². The van der Waals surface area contributed by atoms with E-state index in [1.54, 1.807) is 23.5 Å². The molecule has 0 aliphatic heterocycles. The topological polar surface area (TPSA) is 38.9 Å². The van der Waals surface area contributed by atoms with Gasteiger partial charge in [-0.05, 0) is 44.5 Å². The first-order valence-corrected chi connectivity index (χ1v) is 6.35. The SMILES string of the molecule is Cc1nc(-c2ccc(F)cc2)sc1CC(C)N. The zero-order valence-electron chi connectivity index (χ0n) is 9.90. The van der Waals surface area contributed by atoms with Crippen LogP contribution in [0.2, 0.25) is 0 Å². The molecule has 0 bridgehead atoms. The van der Waals surface area contributed by atoms with E-state index in [-0.39, 0.29) is 11.9 Å². The second kappa shape index (κ2) is 4.94. The maximum absolute atomic E-state index is 12.8. The second-order valence-corrected chi connectivity index (χ2v) is 5.30. The smallest absolute Gasteiger partial charge is 0.123 e. The Labute approximate surface area is 104 Å². The summed E-state index contributed by atoms with van der Waals surface area (Å²) in [4.78, 5) is 5.71. The van der Waals surface area contributed by atoms with E-state index in [0.717, 1.165) is 22.7 Å². The van der Waals surface area contributed by atoms with Gasteiger partial charge >= 0.3 is 0 Å². The van der Waals surface area contributed by atoms with E-state index < -0.39 is 0 Å². The van der Waals surface area contributed by atoms with Crippen molar-refractivity contribution >= 4 is 11.3 Å². The normalized spacial score (nSPS) is 12.7. The van der Waals surface area contributed by atoms with Gasteiger partial charge in [0.15, 0.2) is 0 Å². The molecule has 0 saturated carbocycles. The summed E-state index contributed by atoms with van der Waals surface area (Å²) in [5.41, 5.74) is 7.76. The fourth-order valence-electron chi connectivity index (χ4n) is 1.63. The van der Waals surface area contributed by atoms with Crippen molar-refractivity contribution in [3.05, 3.63) is 40.7 Å². The lowest BCUT2D eigenvalue weighted by Gasteiger charge is -2.01. The number of hydrogen-bond acceptors (Lipinski definition) is 3. The predicted octanol–water partition coefficient (Wildman–Crippen LogP) is 3.15. The number of aryl methyl sites for hydroxylation is 1. The van der Waals surface area contributed by atoms with Gasteiger partial charge in [-0.15, -0.1) is 11.3 Å². The number of aromatic nitrogens is 1. The zero-order chi connectivity index (χ0) is 12.4. The largest absolute Gasteiger partial charge is 0.328 e. The van der Waals surface area contributed by atoms with Crippen LogP contribution in [0.25, 0.3) is 10.6 Å². The summed E-state index contributed by atoms with van der Waals surface area (Å²) >= 11 is 1.63. The summed E-state index contributed by atoms with van der Waals surface area (Å²) < 4.78 is 12.8. The van der Waals surface area contributed by atoms with Gasteiger partial charge in [-0.1, -0.05) is 0 Å². The highest BCUT2D eigenvalue weighted by Crippen LogP contribution is 2.28. The minimum absolute atomic E-state index is 0.134. The molecule has 17 heavy (non-hydrogen) atoms. The van der Waals surface area contributed by atoms with Crippen LogP contribution in [0.4, 0.5) is 4.39 Å². The minimum atomic E-state index is -0.224. The van der Waals surface area contributed by atoms with Crippen LogP contribution in [0.3, 0.4) is 0 Å². The van der Waals surface area contributed by atoms with Crippen molar-refractivity contribution in [3.8, 4) is 10.6 Å². The first-order chi connectivity index (χ1) is 8.06. The van der Waals surface area contributed by atoms with Gasteiger partial charge in [0.05, 0.1) is 5.69 Å². The Balaban J connectivity index is 2.31. The number of nitrogens with zero attached hydrogens (tertiary/aromatic N) is 1. The maximum atomic E-state index is 12.8. The van der Waals surface area contributed by atoms with E-state index in [9.17, 15) is 4.39 Å². The molecule has 1 unspecified atom stereocenters. The monoisotopic (exact) mass is 250 g/mol. The molecule has 4 heteroatoms. The van der Waals surface area contributed by atoms with Crippen molar-refractivity contribution in [2.45, 2.75) is 26.3 Å². The molecule has 2 aromatic rings. The van der Waals surface area contributed by atoms with Crippen molar-refractivity contribution in [1.29, 1.82) is 0 Å². The Morgan fingerprint density at radius 2 is 2.00 bits per heavy atom. The van der Waals surface area contributed by atoms with Crippen molar-refractivity contribution < 1.29 is 4.39 Å². The zero-order valence-corrected chi connectivity index (χ0v) is 10.7. The van der Waals surface area contributed by atoms with E-state index in [4.69, 9.17) is 5.73 Å². The third-order valence-electron chi connectivity index (χ3n) is 2.49. The first-order valence-electron chi connectivity index (χ1n) is 5.54. The molecule has 1 aromatic heterocycles. The minimum Gasteiger partial charge on any atom is -0.328 e. The predicted molar refractivity (Wildman–Crippen MR) is 69.6 cm³/mol. The lowest BCUT2D eigenvalue weighted by molar-refractivity contribution is 0.628. The van der Waals surface area contributed by atoms with Crippen LogP contribution in [-0.4, -0.2) is 11.0 Å². The molecule has 2 N–H and O–H groups in total. The summed E-state index contributed by atoms with van der Waals surface area (Å²) in [5.74, 6) is -0.224. The number of thiazole rings is 1. The highest BCUT2D eigenvalue weighted by molar-refractivity contribution is 7.15. The average Bonchev–Trinajstić information content (AvgIpc) is 2.60. The van der Waals surface area contributed by atoms with Crippen LogP contribution in [0, 0.1) is 12.7 Å². The Kier molecular flexibility index (Phi) is 3.54. The van der Waals surface area contributed by atoms with Gasteiger partial charge in [0.2, 0.25) is 0 Å². The van der Waals surface area contributed by atoms with Crippen LogP contribution in [0.1, 0.15) is 17.5 Å². The van der Waals surface area contributed by atoms with Gasteiger partial charge < -0.3 is 5.73 Å². The standard InChI is InChI=1S/C13H15FN2S/c1-8(15)7-12-9(2)16-13(17-12)10-3-5-11(14)6-4-10/h3-6,8H,7,15H2,1-2H3. The molecule has 2 nitrogen and oxygen atoms in total. The Morgan fingerprint density at radius 1 is 1.35 bits per heavy atom. The lowest BCUT2D eigenvalue weighted by Crippen LogP contribution is -2.17. The summed E-state index contributed by atoms with van der Waals surface area (Å²) in [6.45, 7) is 3.97. The van der Waals surface area contributed by atoms with E-state index in [1.807, 2.05) is 13.8 Å². The molecule has 0 aliphatic rings. The molecule has 0 radical (unpaired) electrons. The van der Waals surface area contributed by atoms with E-state index >= 15 is 0 Å². The third kappa shape index (κ3) is 2.90. The van der Waals surface area contributed by atoms with Crippen molar-refractivity contribution in [2.75, 3.05) is 0 Å². The highest BCUT2D eigenvalue weighted by atomic mass is 32.1. The summed E-state index contributed by atoms with van der Waals surface area (Å²) in [5, 5.41) is 0.929. The maximum Gasteiger partial charge on any atom is 0.123 e. The fourth-order valence-corrected chi connectivity index (χ4v) is 2.84. The molecule has 0 fully saturated rings. The average molecular weight is 250 g/mol. The van der Waals surface area contributed by atoms with Gasteiger partial charge in [-0.25, -0.2) is 9.37 Å². The summed E-state index contributed by atoms with van der Waals surface area (Å²) in [7, 11) is 0. The molecule has 90 valence electrons. The Hall–Kier alpha value is -1.26. The van der Waals surface area contributed by atoms with Crippen LogP contribution in [0.15, 0.2) is 24.3 Å². The van der Waals surface area contributed by atoms with E-state index in [1.165, 1.54) is 17.0 Å². The van der Waals surface area contributed by atoms with Crippen LogP contribution >= 0.6 is 11.3 Å². The van der Waals surface area contributed by atoms with Gasteiger partial charge in [0, 0.05) is 16.5 Å². The van der Waals surface area contributed by atoms with Gasteiger partial charge in [-0.3, -0.25) is 0 Å². The molecule has 2 rings (SSSR count). The number of halogens is 1. The third-order valence-corrected chi connectivity index (χ3v) is 3.72. The van der Waals surface area contributed by atoms with Crippen LogP contribution in [-0.2, 0) is 6.42 Å². The molecule has 0 amide bonds. The molecule has 1 atom stereocenters. The Bertz CT molecular complexity index is 503. The van der Waals surface area contributed by atoms with Gasteiger partial charge in [0.1, 0.15) is 10.8 Å². The molecular formula is C13H15FN2S. The van der Waals surface area contributed by atoms with Crippen molar-refractivity contribution in [3.63, 3.8) is 0 Å². The summed E-state index contributed by atoms with van der Waals surface area (Å²) in [6.07, 6.45) is 0.838.